The van der Waals surface area contributed by atoms with Crippen molar-refractivity contribution in [2.75, 3.05) is 0 Å². The highest BCUT2D eigenvalue weighted by Gasteiger charge is 2.26. The van der Waals surface area contributed by atoms with Crippen molar-refractivity contribution in [1.29, 1.82) is 0 Å². The fourth-order valence-corrected chi connectivity index (χ4v) is 2.34. The number of benzene rings is 1. The van der Waals surface area contributed by atoms with Gasteiger partial charge in [0.05, 0.1) is 0 Å². The second-order valence-corrected chi connectivity index (χ2v) is 12.2. The standard InChI is InChI=1S/C15H21Br3/c1-13(2,16)10-7-11(14(3,4)17)9-12(8-10)15(5,6)18/h7-9H,1-6H3. The summed E-state index contributed by atoms with van der Waals surface area (Å²) in [5.41, 5.74) is 3.90. The van der Waals surface area contributed by atoms with Crippen LogP contribution in [0.5, 0.6) is 0 Å². The molecule has 0 fully saturated rings. The molecule has 0 radical (unpaired) electrons. The van der Waals surface area contributed by atoms with Gasteiger partial charge < -0.3 is 0 Å². The fourth-order valence-electron chi connectivity index (χ4n) is 1.66. The summed E-state index contributed by atoms with van der Waals surface area (Å²) in [4.78, 5) is 0. The molecule has 0 unspecified atom stereocenters. The van der Waals surface area contributed by atoms with Crippen molar-refractivity contribution in [1.82, 2.24) is 0 Å². The monoisotopic (exact) mass is 438 g/mol. The van der Waals surface area contributed by atoms with Crippen LogP contribution < -0.4 is 0 Å². The van der Waals surface area contributed by atoms with Gasteiger partial charge in [0.1, 0.15) is 0 Å². The van der Waals surface area contributed by atoms with Crippen molar-refractivity contribution in [3.63, 3.8) is 0 Å². The van der Waals surface area contributed by atoms with E-state index in [4.69, 9.17) is 0 Å². The molecule has 0 saturated heterocycles. The van der Waals surface area contributed by atoms with Crippen LogP contribution in [0.15, 0.2) is 18.2 Å². The molecular weight excluding hydrogens is 420 g/mol. The number of halogens is 3. The van der Waals surface area contributed by atoms with Gasteiger partial charge in [-0.2, -0.15) is 0 Å². The van der Waals surface area contributed by atoms with Crippen molar-refractivity contribution in [2.45, 2.75) is 54.5 Å². The topological polar surface area (TPSA) is 0 Å². The van der Waals surface area contributed by atoms with Crippen LogP contribution in [0.25, 0.3) is 0 Å². The van der Waals surface area contributed by atoms with Crippen molar-refractivity contribution < 1.29 is 0 Å². The maximum Gasteiger partial charge on any atom is 0.0450 e. The zero-order chi connectivity index (χ0) is 14.4. The molecule has 0 aromatic heterocycles. The summed E-state index contributed by atoms with van der Waals surface area (Å²) in [6.45, 7) is 13.1. The van der Waals surface area contributed by atoms with Crippen molar-refractivity contribution in [2.24, 2.45) is 0 Å². The molecule has 0 nitrogen and oxygen atoms in total. The Labute approximate surface area is 136 Å². The maximum absolute atomic E-state index is 3.76. The van der Waals surface area contributed by atoms with Crippen LogP contribution >= 0.6 is 47.8 Å². The van der Waals surface area contributed by atoms with E-state index in [1.807, 2.05) is 0 Å². The van der Waals surface area contributed by atoms with Crippen LogP contribution in [0, 0.1) is 0 Å². The normalized spacial score (nSPS) is 13.8. The van der Waals surface area contributed by atoms with Crippen LogP contribution in [0.4, 0.5) is 0 Å². The smallest absolute Gasteiger partial charge is 0.0450 e. The van der Waals surface area contributed by atoms with Gasteiger partial charge in [0.15, 0.2) is 0 Å². The van der Waals surface area contributed by atoms with Gasteiger partial charge in [0, 0.05) is 13.0 Å². The van der Waals surface area contributed by atoms with E-state index in [1.54, 1.807) is 0 Å². The van der Waals surface area contributed by atoms with Gasteiger partial charge in [-0.3, -0.25) is 0 Å². The summed E-state index contributed by atoms with van der Waals surface area (Å²) in [5.74, 6) is 0. The average molecular weight is 441 g/mol. The Morgan fingerprint density at radius 1 is 0.556 bits per heavy atom. The molecule has 0 saturated carbocycles. The Bertz CT molecular complexity index is 350. The molecule has 0 spiro atoms. The SMILES string of the molecule is CC(C)(Br)c1cc(C(C)(C)Br)cc(C(C)(C)Br)c1. The Morgan fingerprint density at radius 3 is 0.833 bits per heavy atom. The van der Waals surface area contributed by atoms with E-state index in [-0.39, 0.29) is 13.0 Å². The van der Waals surface area contributed by atoms with E-state index >= 15 is 0 Å². The first kappa shape index (κ1) is 16.7. The van der Waals surface area contributed by atoms with Crippen LogP contribution in [0.2, 0.25) is 0 Å². The molecular formula is C15H21Br3. The zero-order valence-electron chi connectivity index (χ0n) is 11.9. The minimum Gasteiger partial charge on any atom is -0.0807 e. The first-order chi connectivity index (χ1) is 7.82. The lowest BCUT2D eigenvalue weighted by Gasteiger charge is -2.27. The number of alkyl halides is 3. The molecule has 0 atom stereocenters. The van der Waals surface area contributed by atoms with Crippen LogP contribution in [0.3, 0.4) is 0 Å². The first-order valence-electron chi connectivity index (χ1n) is 6.05. The van der Waals surface area contributed by atoms with Crippen LogP contribution in [-0.4, -0.2) is 0 Å². The summed E-state index contributed by atoms with van der Waals surface area (Å²) in [6, 6.07) is 6.81. The van der Waals surface area contributed by atoms with E-state index < -0.39 is 0 Å². The van der Waals surface area contributed by atoms with Gasteiger partial charge in [0.25, 0.3) is 0 Å². The predicted octanol–water partition coefficient (Wildman–Crippen LogP) is 6.58. The molecule has 3 heteroatoms. The Morgan fingerprint density at radius 2 is 0.722 bits per heavy atom. The molecule has 0 bridgehead atoms. The molecule has 102 valence electrons. The predicted molar refractivity (Wildman–Crippen MR) is 92.3 cm³/mol. The largest absolute Gasteiger partial charge is 0.0807 e. The lowest BCUT2D eigenvalue weighted by Crippen LogP contribution is -2.16. The number of hydrogen-bond donors (Lipinski definition) is 0. The third-order valence-corrected chi connectivity index (χ3v) is 4.37. The third-order valence-electron chi connectivity index (χ3n) is 2.99. The molecule has 0 aliphatic heterocycles. The van der Waals surface area contributed by atoms with Gasteiger partial charge in [-0.15, -0.1) is 0 Å². The minimum absolute atomic E-state index is 0.0196. The molecule has 1 aromatic rings. The summed E-state index contributed by atoms with van der Waals surface area (Å²) in [7, 11) is 0. The number of hydrogen-bond acceptors (Lipinski definition) is 0. The summed E-state index contributed by atoms with van der Waals surface area (Å²) >= 11 is 11.3. The molecule has 1 rings (SSSR count). The quantitative estimate of drug-likeness (QED) is 0.466. The van der Waals surface area contributed by atoms with Crippen molar-refractivity contribution in [3.8, 4) is 0 Å². The highest BCUT2D eigenvalue weighted by molar-refractivity contribution is 9.10. The molecule has 0 N–H and O–H groups in total. The molecule has 18 heavy (non-hydrogen) atoms. The molecule has 0 aliphatic carbocycles. The van der Waals surface area contributed by atoms with E-state index in [0.29, 0.717) is 0 Å². The van der Waals surface area contributed by atoms with Crippen molar-refractivity contribution in [3.05, 3.63) is 34.9 Å². The van der Waals surface area contributed by atoms with Crippen LogP contribution in [0.1, 0.15) is 58.2 Å². The van der Waals surface area contributed by atoms with E-state index in [0.717, 1.165) is 0 Å². The van der Waals surface area contributed by atoms with Gasteiger partial charge in [-0.05, 0) is 58.2 Å². The van der Waals surface area contributed by atoms with E-state index in [9.17, 15) is 0 Å². The Kier molecular flexibility index (Phi) is 4.84. The molecule has 0 amide bonds. The highest BCUT2D eigenvalue weighted by Crippen LogP contribution is 2.40. The van der Waals surface area contributed by atoms with Gasteiger partial charge in [-0.25, -0.2) is 0 Å². The summed E-state index contributed by atoms with van der Waals surface area (Å²) in [5, 5.41) is 0. The highest BCUT2D eigenvalue weighted by atomic mass is 79.9. The Hall–Kier alpha value is 0.660. The molecule has 0 heterocycles. The molecule has 1 aromatic carbocycles. The zero-order valence-corrected chi connectivity index (χ0v) is 16.6. The Balaban J connectivity index is 3.49. The summed E-state index contributed by atoms with van der Waals surface area (Å²) in [6.07, 6.45) is 0. The average Bonchev–Trinajstić information content (AvgIpc) is 2.13. The van der Waals surface area contributed by atoms with Crippen LogP contribution in [-0.2, 0) is 13.0 Å². The fraction of sp³-hybridized carbons (Fsp3) is 0.600. The third kappa shape index (κ3) is 4.35. The minimum atomic E-state index is -0.0196. The number of rotatable bonds is 3. The second kappa shape index (κ2) is 5.21. The van der Waals surface area contributed by atoms with E-state index in [2.05, 4.69) is 108 Å². The lowest BCUT2D eigenvalue weighted by molar-refractivity contribution is 0.745. The first-order valence-corrected chi connectivity index (χ1v) is 8.43. The second-order valence-electron chi connectivity index (χ2n) is 6.22. The van der Waals surface area contributed by atoms with Gasteiger partial charge in [0.2, 0.25) is 0 Å². The maximum atomic E-state index is 3.76. The van der Waals surface area contributed by atoms with Gasteiger partial charge >= 0.3 is 0 Å². The van der Waals surface area contributed by atoms with E-state index in [1.165, 1.54) is 16.7 Å². The van der Waals surface area contributed by atoms with Crippen molar-refractivity contribution >= 4 is 47.8 Å². The summed E-state index contributed by atoms with van der Waals surface area (Å²) < 4.78 is -0.0588. The lowest BCUT2D eigenvalue weighted by atomic mass is 9.89. The van der Waals surface area contributed by atoms with Gasteiger partial charge in [-0.1, -0.05) is 66.0 Å². The molecule has 0 aliphatic rings.